The summed E-state index contributed by atoms with van der Waals surface area (Å²) in [6.45, 7) is 4.90. The summed E-state index contributed by atoms with van der Waals surface area (Å²) in [6.07, 6.45) is 5.77. The number of aromatic nitrogens is 1. The molecule has 0 radical (unpaired) electrons. The molecule has 25 heavy (non-hydrogen) atoms. The van der Waals surface area contributed by atoms with Gasteiger partial charge in [-0.3, -0.25) is 4.79 Å². The number of hydrogen-bond acceptors (Lipinski definition) is 3. The minimum absolute atomic E-state index is 0.0797. The lowest BCUT2D eigenvalue weighted by Crippen LogP contribution is -2.37. The van der Waals surface area contributed by atoms with Crippen LogP contribution in [-0.2, 0) is 0 Å². The summed E-state index contributed by atoms with van der Waals surface area (Å²) in [7, 11) is 0. The molecular weight excluding hydrogens is 314 g/mol. The molecule has 2 fully saturated rings. The van der Waals surface area contributed by atoms with Crippen molar-refractivity contribution < 1.29 is 9.90 Å². The standard InChI is InChI=1S/C20H27N3O2/c24-14-18-13-23(12-17(18)11-22-8-2-1-3-9-22)20(25)16-5-4-15-6-7-21-19(15)10-16/h4-7,10,17-18,21,24H,1-3,8-9,11-14H2. The fourth-order valence-corrected chi connectivity index (χ4v) is 4.36. The van der Waals surface area contributed by atoms with E-state index in [9.17, 15) is 9.90 Å². The molecule has 0 saturated carbocycles. The van der Waals surface area contributed by atoms with Crippen LogP contribution in [0.3, 0.4) is 0 Å². The van der Waals surface area contributed by atoms with E-state index in [1.54, 1.807) is 0 Å². The number of H-pyrrole nitrogens is 1. The van der Waals surface area contributed by atoms with Gasteiger partial charge in [0.05, 0.1) is 0 Å². The lowest BCUT2D eigenvalue weighted by atomic mass is 9.95. The summed E-state index contributed by atoms with van der Waals surface area (Å²) >= 11 is 0. The Labute approximate surface area is 148 Å². The molecule has 5 nitrogen and oxygen atoms in total. The quantitative estimate of drug-likeness (QED) is 0.897. The number of likely N-dealkylation sites (tertiary alicyclic amines) is 2. The van der Waals surface area contributed by atoms with E-state index in [4.69, 9.17) is 0 Å². The molecule has 1 aromatic heterocycles. The van der Waals surface area contributed by atoms with Gasteiger partial charge in [-0.1, -0.05) is 12.5 Å². The van der Waals surface area contributed by atoms with E-state index < -0.39 is 0 Å². The number of amides is 1. The highest BCUT2D eigenvalue weighted by Gasteiger charge is 2.36. The Morgan fingerprint density at radius 3 is 2.72 bits per heavy atom. The molecule has 2 unspecified atom stereocenters. The van der Waals surface area contributed by atoms with Crippen LogP contribution in [0.25, 0.3) is 10.9 Å². The molecule has 2 atom stereocenters. The largest absolute Gasteiger partial charge is 0.396 e. The van der Waals surface area contributed by atoms with Gasteiger partial charge in [0, 0.05) is 49.4 Å². The lowest BCUT2D eigenvalue weighted by Gasteiger charge is -2.30. The average molecular weight is 341 g/mol. The Hall–Kier alpha value is -1.85. The zero-order valence-electron chi connectivity index (χ0n) is 14.7. The fraction of sp³-hybridized carbons (Fsp3) is 0.550. The number of carbonyl (C=O) groups excluding carboxylic acids is 1. The van der Waals surface area contributed by atoms with Gasteiger partial charge in [0.25, 0.3) is 5.91 Å². The molecule has 2 saturated heterocycles. The highest BCUT2D eigenvalue weighted by molar-refractivity contribution is 5.98. The lowest BCUT2D eigenvalue weighted by molar-refractivity contribution is 0.0778. The molecule has 3 heterocycles. The summed E-state index contributed by atoms with van der Waals surface area (Å²) in [5, 5.41) is 10.9. The van der Waals surface area contributed by atoms with Crippen molar-refractivity contribution in [2.45, 2.75) is 19.3 Å². The third kappa shape index (κ3) is 3.44. The number of aliphatic hydroxyl groups is 1. The molecule has 134 valence electrons. The van der Waals surface area contributed by atoms with Gasteiger partial charge in [-0.2, -0.15) is 0 Å². The monoisotopic (exact) mass is 341 g/mol. The zero-order chi connectivity index (χ0) is 17.2. The van der Waals surface area contributed by atoms with Crippen molar-refractivity contribution in [2.75, 3.05) is 39.3 Å². The summed E-state index contributed by atoms with van der Waals surface area (Å²) in [4.78, 5) is 20.5. The maximum absolute atomic E-state index is 12.9. The van der Waals surface area contributed by atoms with Crippen LogP contribution in [0.4, 0.5) is 0 Å². The second-order valence-corrected chi connectivity index (χ2v) is 7.55. The number of aromatic amines is 1. The van der Waals surface area contributed by atoms with Crippen molar-refractivity contribution in [3.63, 3.8) is 0 Å². The molecule has 5 heteroatoms. The third-order valence-corrected chi connectivity index (χ3v) is 5.84. The van der Waals surface area contributed by atoms with Crippen molar-refractivity contribution in [3.8, 4) is 0 Å². The summed E-state index contributed by atoms with van der Waals surface area (Å²) in [5.74, 6) is 0.650. The van der Waals surface area contributed by atoms with E-state index in [0.29, 0.717) is 12.5 Å². The average Bonchev–Trinajstić information content (AvgIpc) is 3.28. The van der Waals surface area contributed by atoms with Crippen molar-refractivity contribution in [2.24, 2.45) is 11.8 Å². The van der Waals surface area contributed by atoms with Crippen LogP contribution in [0.5, 0.6) is 0 Å². The molecule has 2 aliphatic rings. The van der Waals surface area contributed by atoms with Crippen molar-refractivity contribution in [1.29, 1.82) is 0 Å². The number of benzene rings is 1. The van der Waals surface area contributed by atoms with Gasteiger partial charge < -0.3 is 19.9 Å². The molecule has 0 bridgehead atoms. The van der Waals surface area contributed by atoms with E-state index in [0.717, 1.165) is 42.6 Å². The van der Waals surface area contributed by atoms with Crippen LogP contribution in [-0.4, -0.2) is 65.1 Å². The summed E-state index contributed by atoms with van der Waals surface area (Å²) < 4.78 is 0. The predicted octanol–water partition coefficient (Wildman–Crippen LogP) is 2.33. The topological polar surface area (TPSA) is 59.6 Å². The maximum Gasteiger partial charge on any atom is 0.253 e. The fourth-order valence-electron chi connectivity index (χ4n) is 4.36. The first kappa shape index (κ1) is 16.6. The van der Waals surface area contributed by atoms with Gasteiger partial charge in [0.2, 0.25) is 0 Å². The molecule has 1 aromatic carbocycles. The summed E-state index contributed by atoms with van der Waals surface area (Å²) in [5.41, 5.74) is 1.72. The Morgan fingerprint density at radius 2 is 1.92 bits per heavy atom. The van der Waals surface area contributed by atoms with Gasteiger partial charge in [-0.05, 0) is 55.4 Å². The first-order chi connectivity index (χ1) is 12.2. The van der Waals surface area contributed by atoms with Gasteiger partial charge >= 0.3 is 0 Å². The smallest absolute Gasteiger partial charge is 0.253 e. The van der Waals surface area contributed by atoms with Gasteiger partial charge in [0.1, 0.15) is 0 Å². The first-order valence-electron chi connectivity index (χ1n) is 9.44. The van der Waals surface area contributed by atoms with Crippen molar-refractivity contribution in [3.05, 3.63) is 36.0 Å². The van der Waals surface area contributed by atoms with Gasteiger partial charge in [-0.15, -0.1) is 0 Å². The zero-order valence-corrected chi connectivity index (χ0v) is 14.7. The Kier molecular flexibility index (Phi) is 4.77. The van der Waals surface area contributed by atoms with Crippen molar-refractivity contribution in [1.82, 2.24) is 14.8 Å². The Morgan fingerprint density at radius 1 is 1.12 bits per heavy atom. The Balaban J connectivity index is 1.45. The number of fused-ring (bicyclic) bond motifs is 1. The number of nitrogens with one attached hydrogen (secondary N) is 1. The highest BCUT2D eigenvalue weighted by Crippen LogP contribution is 2.27. The molecule has 1 amide bonds. The molecule has 0 spiro atoms. The molecular formula is C20H27N3O2. The number of piperidine rings is 1. The second kappa shape index (κ2) is 7.18. The minimum atomic E-state index is 0.0797. The van der Waals surface area contributed by atoms with Crippen molar-refractivity contribution >= 4 is 16.8 Å². The predicted molar refractivity (Wildman–Crippen MR) is 98.6 cm³/mol. The van der Waals surface area contributed by atoms with E-state index in [1.165, 1.54) is 19.3 Å². The number of hydrogen-bond donors (Lipinski definition) is 2. The normalized spacial score (nSPS) is 24.9. The molecule has 4 rings (SSSR count). The first-order valence-corrected chi connectivity index (χ1v) is 9.44. The van der Waals surface area contributed by atoms with E-state index in [-0.39, 0.29) is 18.4 Å². The van der Waals surface area contributed by atoms with E-state index in [2.05, 4.69) is 9.88 Å². The van der Waals surface area contributed by atoms with Crippen LogP contribution in [0, 0.1) is 11.8 Å². The van der Waals surface area contributed by atoms with E-state index >= 15 is 0 Å². The van der Waals surface area contributed by atoms with Crippen LogP contribution < -0.4 is 0 Å². The molecule has 2 aliphatic heterocycles. The molecule has 2 aromatic rings. The number of aliphatic hydroxyl groups excluding tert-OH is 1. The minimum Gasteiger partial charge on any atom is -0.396 e. The van der Waals surface area contributed by atoms with E-state index in [1.807, 2.05) is 35.4 Å². The van der Waals surface area contributed by atoms with Gasteiger partial charge in [0.15, 0.2) is 0 Å². The molecule has 2 N–H and O–H groups in total. The summed E-state index contributed by atoms with van der Waals surface area (Å²) in [6, 6.07) is 7.84. The van der Waals surface area contributed by atoms with Crippen LogP contribution >= 0.6 is 0 Å². The van der Waals surface area contributed by atoms with Crippen LogP contribution in [0.15, 0.2) is 30.5 Å². The number of carbonyl (C=O) groups is 1. The molecule has 0 aliphatic carbocycles. The second-order valence-electron chi connectivity index (χ2n) is 7.55. The van der Waals surface area contributed by atoms with Crippen LogP contribution in [0.1, 0.15) is 29.6 Å². The van der Waals surface area contributed by atoms with Gasteiger partial charge in [-0.25, -0.2) is 0 Å². The maximum atomic E-state index is 12.9. The number of rotatable bonds is 4. The Bertz CT molecular complexity index is 735. The third-order valence-electron chi connectivity index (χ3n) is 5.84. The number of nitrogens with zero attached hydrogens (tertiary/aromatic N) is 2. The SMILES string of the molecule is O=C(c1ccc2cc[nH]c2c1)N1CC(CO)C(CN2CCCCC2)C1. The van der Waals surface area contributed by atoms with Crippen LogP contribution in [0.2, 0.25) is 0 Å². The highest BCUT2D eigenvalue weighted by atomic mass is 16.3.